The van der Waals surface area contributed by atoms with Gasteiger partial charge in [-0.2, -0.15) is 0 Å². The third kappa shape index (κ3) is 3.66. The Morgan fingerprint density at radius 2 is 2.19 bits per heavy atom. The monoisotopic (exact) mass is 326 g/mol. The van der Waals surface area contributed by atoms with Crippen LogP contribution in [0.25, 0.3) is 0 Å². The van der Waals surface area contributed by atoms with E-state index < -0.39 is 16.0 Å². The van der Waals surface area contributed by atoms with Gasteiger partial charge in [0.1, 0.15) is 5.01 Å². The Labute approximate surface area is 126 Å². The van der Waals surface area contributed by atoms with Crippen LogP contribution in [-0.4, -0.2) is 24.5 Å². The van der Waals surface area contributed by atoms with Crippen molar-refractivity contribution in [1.82, 2.24) is 9.71 Å². The summed E-state index contributed by atoms with van der Waals surface area (Å²) in [6.07, 6.45) is 2.09. The van der Waals surface area contributed by atoms with Gasteiger partial charge in [0.25, 0.3) is 0 Å². The van der Waals surface area contributed by atoms with Crippen molar-refractivity contribution in [3.63, 3.8) is 0 Å². The maximum Gasteiger partial charge on any atom is 0.335 e. The standard InChI is InChI=1S/C13H14N2O4S2/c1-2-9-3-4-10(13(16)17)7-11(9)21(18,19)15-8-12-14-5-6-20-12/h3-7,15H,2,8H2,1H3,(H,16,17). The zero-order valence-electron chi connectivity index (χ0n) is 11.2. The molecule has 1 aromatic carbocycles. The third-order valence-electron chi connectivity index (χ3n) is 2.88. The summed E-state index contributed by atoms with van der Waals surface area (Å²) in [4.78, 5) is 15.0. The molecule has 2 aromatic rings. The molecule has 6 nitrogen and oxygen atoms in total. The lowest BCUT2D eigenvalue weighted by atomic mass is 10.1. The average molecular weight is 326 g/mol. The number of thiazole rings is 1. The van der Waals surface area contributed by atoms with Gasteiger partial charge in [0.2, 0.25) is 10.0 Å². The van der Waals surface area contributed by atoms with Gasteiger partial charge in [-0.3, -0.25) is 0 Å². The quantitative estimate of drug-likeness (QED) is 0.845. The highest BCUT2D eigenvalue weighted by Gasteiger charge is 2.20. The Hall–Kier alpha value is -1.77. The van der Waals surface area contributed by atoms with E-state index >= 15 is 0 Å². The second-order valence-electron chi connectivity index (χ2n) is 4.23. The maximum absolute atomic E-state index is 12.4. The van der Waals surface area contributed by atoms with Crippen LogP contribution in [0.3, 0.4) is 0 Å². The van der Waals surface area contributed by atoms with Crippen LogP contribution in [0.4, 0.5) is 0 Å². The van der Waals surface area contributed by atoms with Crippen molar-refractivity contribution >= 4 is 27.3 Å². The lowest BCUT2D eigenvalue weighted by Gasteiger charge is -2.10. The van der Waals surface area contributed by atoms with Crippen molar-refractivity contribution in [3.8, 4) is 0 Å². The van der Waals surface area contributed by atoms with Gasteiger partial charge in [0.05, 0.1) is 17.0 Å². The predicted octanol–water partition coefficient (Wildman–Crippen LogP) is 1.88. The number of nitrogens with one attached hydrogen (secondary N) is 1. The molecule has 21 heavy (non-hydrogen) atoms. The molecule has 2 rings (SSSR count). The largest absolute Gasteiger partial charge is 0.478 e. The number of carboxylic acid groups (broad SMARTS) is 1. The van der Waals surface area contributed by atoms with Gasteiger partial charge < -0.3 is 5.11 Å². The van der Waals surface area contributed by atoms with Gasteiger partial charge >= 0.3 is 5.97 Å². The Kier molecular flexibility index (Phi) is 4.71. The fraction of sp³-hybridized carbons (Fsp3) is 0.231. The van der Waals surface area contributed by atoms with Crippen molar-refractivity contribution in [2.45, 2.75) is 24.8 Å². The van der Waals surface area contributed by atoms with Gasteiger partial charge in [-0.25, -0.2) is 22.9 Å². The highest BCUT2D eigenvalue weighted by atomic mass is 32.2. The van der Waals surface area contributed by atoms with Crippen molar-refractivity contribution < 1.29 is 18.3 Å². The molecule has 0 saturated carbocycles. The number of aromatic carboxylic acids is 1. The molecule has 0 aliphatic carbocycles. The number of benzene rings is 1. The van der Waals surface area contributed by atoms with Gasteiger partial charge in [-0.1, -0.05) is 13.0 Å². The van der Waals surface area contributed by atoms with E-state index in [0.717, 1.165) is 0 Å². The first-order valence-corrected chi connectivity index (χ1v) is 8.54. The predicted molar refractivity (Wildman–Crippen MR) is 78.9 cm³/mol. The molecule has 0 bridgehead atoms. The summed E-state index contributed by atoms with van der Waals surface area (Å²) in [6.45, 7) is 1.90. The second kappa shape index (κ2) is 6.33. The Morgan fingerprint density at radius 3 is 2.76 bits per heavy atom. The van der Waals surface area contributed by atoms with Gasteiger partial charge in [0.15, 0.2) is 0 Å². The first-order valence-electron chi connectivity index (χ1n) is 6.18. The fourth-order valence-corrected chi connectivity index (χ4v) is 3.77. The Morgan fingerprint density at radius 1 is 1.43 bits per heavy atom. The SMILES string of the molecule is CCc1ccc(C(=O)O)cc1S(=O)(=O)NCc1nccs1. The van der Waals surface area contributed by atoms with Crippen molar-refractivity contribution in [3.05, 3.63) is 45.9 Å². The van der Waals surface area contributed by atoms with Crippen molar-refractivity contribution in [2.24, 2.45) is 0 Å². The molecule has 1 aromatic heterocycles. The molecular weight excluding hydrogens is 312 g/mol. The first kappa shape index (κ1) is 15.6. The molecule has 0 fully saturated rings. The van der Waals surface area contributed by atoms with E-state index in [1.807, 2.05) is 6.92 Å². The summed E-state index contributed by atoms with van der Waals surface area (Å²) in [7, 11) is -3.78. The topological polar surface area (TPSA) is 96.4 Å². The van der Waals surface area contributed by atoms with E-state index in [4.69, 9.17) is 5.11 Å². The lowest BCUT2D eigenvalue weighted by Crippen LogP contribution is -2.24. The minimum absolute atomic E-state index is 0.00135. The fourth-order valence-electron chi connectivity index (χ4n) is 1.80. The van der Waals surface area contributed by atoms with E-state index in [0.29, 0.717) is 17.0 Å². The Balaban J connectivity index is 2.33. The normalized spacial score (nSPS) is 11.5. The number of aryl methyl sites for hydroxylation is 1. The van der Waals surface area contributed by atoms with Crippen molar-refractivity contribution in [1.29, 1.82) is 0 Å². The summed E-state index contributed by atoms with van der Waals surface area (Å²) in [5.74, 6) is -1.16. The van der Waals surface area contributed by atoms with Crippen LogP contribution >= 0.6 is 11.3 Å². The van der Waals surface area contributed by atoms with E-state index in [-0.39, 0.29) is 17.0 Å². The van der Waals surface area contributed by atoms with Gasteiger partial charge in [-0.15, -0.1) is 11.3 Å². The molecule has 0 unspecified atom stereocenters. The first-order chi connectivity index (χ1) is 9.94. The molecular formula is C13H14N2O4S2. The number of hydrogen-bond donors (Lipinski definition) is 2. The molecule has 0 amide bonds. The zero-order chi connectivity index (χ0) is 15.5. The minimum Gasteiger partial charge on any atom is -0.478 e. The molecule has 0 atom stereocenters. The summed E-state index contributed by atoms with van der Waals surface area (Å²) >= 11 is 1.34. The number of carbonyl (C=O) groups is 1. The number of sulfonamides is 1. The van der Waals surface area contributed by atoms with Crippen LogP contribution in [0.1, 0.15) is 27.9 Å². The molecule has 2 N–H and O–H groups in total. The molecule has 0 aliphatic rings. The van der Waals surface area contributed by atoms with Crippen LogP contribution in [-0.2, 0) is 23.0 Å². The number of rotatable bonds is 6. The van der Waals surface area contributed by atoms with Crippen LogP contribution in [0.15, 0.2) is 34.7 Å². The molecule has 1 heterocycles. The van der Waals surface area contributed by atoms with Gasteiger partial charge in [0, 0.05) is 11.6 Å². The van der Waals surface area contributed by atoms with Crippen molar-refractivity contribution in [2.75, 3.05) is 0 Å². The van der Waals surface area contributed by atoms with Crippen LogP contribution in [0.2, 0.25) is 0 Å². The summed E-state index contributed by atoms with van der Waals surface area (Å²) < 4.78 is 27.2. The van der Waals surface area contributed by atoms with E-state index in [1.165, 1.54) is 29.5 Å². The van der Waals surface area contributed by atoms with E-state index in [9.17, 15) is 13.2 Å². The second-order valence-corrected chi connectivity index (χ2v) is 6.95. The number of carboxylic acids is 1. The Bertz CT molecular complexity index is 740. The molecule has 0 spiro atoms. The third-order valence-corrected chi connectivity index (χ3v) is 5.14. The molecule has 112 valence electrons. The lowest BCUT2D eigenvalue weighted by molar-refractivity contribution is 0.0696. The highest BCUT2D eigenvalue weighted by molar-refractivity contribution is 7.89. The summed E-state index contributed by atoms with van der Waals surface area (Å²) in [5, 5.41) is 11.4. The van der Waals surface area contributed by atoms with Crippen LogP contribution in [0.5, 0.6) is 0 Å². The molecule has 0 saturated heterocycles. The zero-order valence-corrected chi connectivity index (χ0v) is 12.9. The van der Waals surface area contributed by atoms with Crippen LogP contribution in [0, 0.1) is 0 Å². The van der Waals surface area contributed by atoms with E-state index in [2.05, 4.69) is 9.71 Å². The minimum atomic E-state index is -3.78. The smallest absolute Gasteiger partial charge is 0.335 e. The molecule has 0 aliphatic heterocycles. The number of nitrogens with zero attached hydrogens (tertiary/aromatic N) is 1. The average Bonchev–Trinajstić information content (AvgIpc) is 2.98. The summed E-state index contributed by atoms with van der Waals surface area (Å²) in [6, 6.07) is 4.12. The molecule has 0 radical (unpaired) electrons. The molecule has 8 heteroatoms. The van der Waals surface area contributed by atoms with Gasteiger partial charge in [-0.05, 0) is 24.1 Å². The van der Waals surface area contributed by atoms with E-state index in [1.54, 1.807) is 11.6 Å². The number of hydrogen-bond acceptors (Lipinski definition) is 5. The number of aromatic nitrogens is 1. The van der Waals surface area contributed by atoms with Crippen LogP contribution < -0.4 is 4.72 Å². The maximum atomic E-state index is 12.4. The highest BCUT2D eigenvalue weighted by Crippen LogP contribution is 2.19. The summed E-state index contributed by atoms with van der Waals surface area (Å²) in [5.41, 5.74) is 0.522.